The van der Waals surface area contributed by atoms with E-state index in [1.165, 1.54) is 33.4 Å². The summed E-state index contributed by atoms with van der Waals surface area (Å²) in [6.45, 7) is 4.25. The number of nitrogens with one attached hydrogen (secondary N) is 1. The molecule has 4 rings (SSSR count). The molecule has 0 unspecified atom stereocenters. The van der Waals surface area contributed by atoms with E-state index in [0.29, 0.717) is 16.0 Å². The average Bonchev–Trinajstić information content (AvgIpc) is 3.16. The van der Waals surface area contributed by atoms with Crippen molar-refractivity contribution in [2.75, 3.05) is 5.32 Å². The Hall–Kier alpha value is -3.32. The van der Waals surface area contributed by atoms with Crippen molar-refractivity contribution in [1.29, 1.82) is 0 Å². The first-order valence-electron chi connectivity index (χ1n) is 9.74. The molecule has 0 fully saturated rings. The van der Waals surface area contributed by atoms with Gasteiger partial charge in [0, 0.05) is 30.5 Å². The first-order chi connectivity index (χ1) is 14.5. The molecule has 0 bridgehead atoms. The van der Waals surface area contributed by atoms with Crippen LogP contribution in [0.2, 0.25) is 0 Å². The Balaban J connectivity index is 1.37. The molecule has 4 aromatic rings. The van der Waals surface area contributed by atoms with Crippen molar-refractivity contribution in [2.45, 2.75) is 33.2 Å². The Labute approximate surface area is 178 Å². The number of benzene rings is 2. The van der Waals surface area contributed by atoms with Gasteiger partial charge in [-0.25, -0.2) is 9.97 Å². The van der Waals surface area contributed by atoms with Crippen LogP contribution in [-0.2, 0) is 17.8 Å². The average molecular weight is 419 g/mol. The third-order valence-electron chi connectivity index (χ3n) is 4.93. The number of para-hydroxylation sites is 1. The fraction of sp³-hybridized carbons (Fsp3) is 0.217. The van der Waals surface area contributed by atoms with E-state index in [-0.39, 0.29) is 24.4 Å². The largest absolute Gasteiger partial charge is 0.302 e. The third-order valence-corrected chi connectivity index (χ3v) is 5.85. The van der Waals surface area contributed by atoms with Crippen molar-refractivity contribution >= 4 is 33.3 Å². The molecule has 0 saturated heterocycles. The zero-order chi connectivity index (χ0) is 21.1. The van der Waals surface area contributed by atoms with Crippen LogP contribution in [0, 0.1) is 13.8 Å². The second kappa shape index (κ2) is 8.59. The number of nitrogens with zero attached hydrogens (tertiary/aromatic N) is 3. The third kappa shape index (κ3) is 4.46. The van der Waals surface area contributed by atoms with Gasteiger partial charge in [-0.3, -0.25) is 14.2 Å². The molecular formula is C23H22N4O2S. The summed E-state index contributed by atoms with van der Waals surface area (Å²) >= 11 is 1.46. The lowest BCUT2D eigenvalue weighted by atomic mass is 10.1. The minimum absolute atomic E-state index is 0.133. The Bertz CT molecular complexity index is 1260. The lowest BCUT2D eigenvalue weighted by molar-refractivity contribution is -0.116. The molecule has 0 atom stereocenters. The number of aryl methyl sites for hydroxylation is 3. The molecule has 0 aliphatic rings. The van der Waals surface area contributed by atoms with Crippen molar-refractivity contribution in [3.05, 3.63) is 86.9 Å². The topological polar surface area (TPSA) is 76.9 Å². The van der Waals surface area contributed by atoms with E-state index in [1.807, 2.05) is 19.1 Å². The molecule has 0 radical (unpaired) electrons. The standard InChI is InChI=1S/C23H22N4O2S/c1-15-6-8-17(9-7-15)12-18-13-24-23(30-18)26-20(28)10-11-27-14-25-21-16(2)4-3-5-19(21)22(27)29/h3-9,13-14H,10-12H2,1-2H3,(H,24,26,28). The van der Waals surface area contributed by atoms with Gasteiger partial charge in [0.15, 0.2) is 5.13 Å². The second-order valence-corrected chi connectivity index (χ2v) is 8.42. The van der Waals surface area contributed by atoms with Crippen LogP contribution in [0.5, 0.6) is 0 Å². The number of hydrogen-bond acceptors (Lipinski definition) is 5. The van der Waals surface area contributed by atoms with E-state index in [9.17, 15) is 9.59 Å². The smallest absolute Gasteiger partial charge is 0.261 e. The Kier molecular flexibility index (Phi) is 5.72. The number of hydrogen-bond donors (Lipinski definition) is 1. The van der Waals surface area contributed by atoms with Crippen LogP contribution < -0.4 is 10.9 Å². The number of fused-ring (bicyclic) bond motifs is 1. The molecule has 30 heavy (non-hydrogen) atoms. The normalized spacial score (nSPS) is 11.0. The number of rotatable bonds is 6. The summed E-state index contributed by atoms with van der Waals surface area (Å²) in [5.41, 5.74) is 3.96. The molecule has 0 saturated carbocycles. The van der Waals surface area contributed by atoms with E-state index in [2.05, 4.69) is 46.5 Å². The maximum atomic E-state index is 12.6. The van der Waals surface area contributed by atoms with Gasteiger partial charge in [0.25, 0.3) is 5.56 Å². The summed E-state index contributed by atoms with van der Waals surface area (Å²) in [7, 11) is 0. The molecule has 7 heteroatoms. The summed E-state index contributed by atoms with van der Waals surface area (Å²) in [6, 6.07) is 13.9. The summed E-state index contributed by atoms with van der Waals surface area (Å²) < 4.78 is 1.48. The van der Waals surface area contributed by atoms with Crippen molar-refractivity contribution in [3.8, 4) is 0 Å². The van der Waals surface area contributed by atoms with Gasteiger partial charge in [-0.15, -0.1) is 11.3 Å². The van der Waals surface area contributed by atoms with Crippen molar-refractivity contribution < 1.29 is 4.79 Å². The van der Waals surface area contributed by atoms with Crippen molar-refractivity contribution in [2.24, 2.45) is 0 Å². The van der Waals surface area contributed by atoms with E-state index in [0.717, 1.165) is 16.9 Å². The van der Waals surface area contributed by atoms with E-state index < -0.39 is 0 Å². The van der Waals surface area contributed by atoms with Gasteiger partial charge in [-0.05, 0) is 31.0 Å². The quantitative estimate of drug-likeness (QED) is 0.512. The maximum Gasteiger partial charge on any atom is 0.261 e. The predicted octanol–water partition coefficient (Wildman–Crippen LogP) is 4.09. The highest BCUT2D eigenvalue weighted by Gasteiger charge is 2.10. The van der Waals surface area contributed by atoms with E-state index >= 15 is 0 Å². The summed E-state index contributed by atoms with van der Waals surface area (Å²) in [5.74, 6) is -0.178. The van der Waals surface area contributed by atoms with Crippen LogP contribution in [0.1, 0.15) is 28.0 Å². The van der Waals surface area contributed by atoms with Crippen LogP contribution in [0.25, 0.3) is 10.9 Å². The van der Waals surface area contributed by atoms with Gasteiger partial charge >= 0.3 is 0 Å². The molecule has 0 aliphatic heterocycles. The molecule has 6 nitrogen and oxygen atoms in total. The Morgan fingerprint density at radius 3 is 2.70 bits per heavy atom. The summed E-state index contributed by atoms with van der Waals surface area (Å²) in [4.78, 5) is 34.7. The minimum Gasteiger partial charge on any atom is -0.302 e. The molecule has 2 aromatic carbocycles. The summed E-state index contributed by atoms with van der Waals surface area (Å²) in [6.07, 6.45) is 4.26. The molecule has 2 aromatic heterocycles. The Morgan fingerprint density at radius 1 is 1.10 bits per heavy atom. The van der Waals surface area contributed by atoms with Gasteiger partial charge in [-0.1, -0.05) is 42.0 Å². The van der Waals surface area contributed by atoms with Crippen LogP contribution in [0.3, 0.4) is 0 Å². The van der Waals surface area contributed by atoms with Crippen LogP contribution in [0.15, 0.2) is 59.8 Å². The van der Waals surface area contributed by atoms with Crippen LogP contribution >= 0.6 is 11.3 Å². The maximum absolute atomic E-state index is 12.6. The fourth-order valence-electron chi connectivity index (χ4n) is 3.25. The fourth-order valence-corrected chi connectivity index (χ4v) is 4.12. The van der Waals surface area contributed by atoms with E-state index in [4.69, 9.17) is 0 Å². The first-order valence-corrected chi connectivity index (χ1v) is 10.6. The van der Waals surface area contributed by atoms with E-state index in [1.54, 1.807) is 12.3 Å². The summed E-state index contributed by atoms with van der Waals surface area (Å²) in [5, 5.41) is 3.97. The molecule has 2 heterocycles. The molecule has 152 valence electrons. The van der Waals surface area contributed by atoms with Gasteiger partial charge in [0.1, 0.15) is 0 Å². The lowest BCUT2D eigenvalue weighted by Gasteiger charge is -2.07. The molecule has 0 spiro atoms. The number of anilines is 1. The number of aromatic nitrogens is 3. The zero-order valence-corrected chi connectivity index (χ0v) is 17.7. The molecule has 0 aliphatic carbocycles. The lowest BCUT2D eigenvalue weighted by Crippen LogP contribution is -2.23. The monoisotopic (exact) mass is 418 g/mol. The minimum atomic E-state index is -0.178. The molecule has 1 amide bonds. The van der Waals surface area contributed by atoms with Crippen LogP contribution in [0.4, 0.5) is 5.13 Å². The van der Waals surface area contributed by atoms with Crippen LogP contribution in [-0.4, -0.2) is 20.4 Å². The van der Waals surface area contributed by atoms with Gasteiger partial charge < -0.3 is 5.32 Å². The zero-order valence-electron chi connectivity index (χ0n) is 16.9. The van der Waals surface area contributed by atoms with Crippen molar-refractivity contribution in [1.82, 2.24) is 14.5 Å². The van der Waals surface area contributed by atoms with Gasteiger partial charge in [0.05, 0.1) is 17.2 Å². The first kappa shape index (κ1) is 20.0. The van der Waals surface area contributed by atoms with Gasteiger partial charge in [-0.2, -0.15) is 0 Å². The highest BCUT2D eigenvalue weighted by molar-refractivity contribution is 7.15. The molecular weight excluding hydrogens is 396 g/mol. The second-order valence-electron chi connectivity index (χ2n) is 7.31. The molecule has 1 N–H and O–H groups in total. The number of thiazole rings is 1. The number of carbonyl (C=O) groups excluding carboxylic acids is 1. The van der Waals surface area contributed by atoms with Crippen molar-refractivity contribution in [3.63, 3.8) is 0 Å². The SMILES string of the molecule is Cc1ccc(Cc2cnc(NC(=O)CCn3cnc4c(C)cccc4c3=O)s2)cc1. The Morgan fingerprint density at radius 2 is 1.90 bits per heavy atom. The number of carbonyl (C=O) groups is 1. The predicted molar refractivity (Wildman–Crippen MR) is 120 cm³/mol. The van der Waals surface area contributed by atoms with Gasteiger partial charge in [0.2, 0.25) is 5.91 Å². The highest BCUT2D eigenvalue weighted by atomic mass is 32.1. The highest BCUT2D eigenvalue weighted by Crippen LogP contribution is 2.21. The number of amides is 1.